The lowest BCUT2D eigenvalue weighted by Crippen LogP contribution is -2.65. The number of ketones is 1. The number of aliphatic hydroxyl groups excluding tert-OH is 2. The zero-order valence-electron chi connectivity index (χ0n) is 22.2. The van der Waals surface area contributed by atoms with Crippen molar-refractivity contribution in [1.82, 2.24) is 0 Å². The molecule has 200 valence electrons. The SMILES string of the molecule is CCCCCC(=O)O[C@@]12CC(C)C34C=C(C)C(O)C3(O)C(O)C(COC(C)=O)=CC(C4=O)[C@H]1C2(C)C. The standard InChI is InChI=1S/C28H40O8/c1-7-8-9-10-20(30)36-27-13-16(3)26-12-15(2)22(31)28(26,34)23(32)18(14-35-17(4)29)11-19(24(26)33)21(27)25(27,5)6/h11-12,16,19,21-23,31-32,34H,7-10,13-14H2,1-6H3/t16?,19?,21-,22?,23?,26?,27-,28?/m0/s1. The Kier molecular flexibility index (Phi) is 6.59. The fraction of sp³-hybridized carbons (Fsp3) is 0.750. The average molecular weight is 505 g/mol. The third-order valence-electron chi connectivity index (χ3n) is 9.59. The maximum absolute atomic E-state index is 14.4. The molecule has 1 spiro atoms. The van der Waals surface area contributed by atoms with Crippen molar-refractivity contribution in [2.45, 2.75) is 97.1 Å². The highest BCUT2D eigenvalue weighted by molar-refractivity contribution is 5.96. The number of hydrogen-bond acceptors (Lipinski definition) is 8. The van der Waals surface area contributed by atoms with Crippen LogP contribution in [0.15, 0.2) is 23.3 Å². The van der Waals surface area contributed by atoms with E-state index in [-0.39, 0.29) is 29.9 Å². The van der Waals surface area contributed by atoms with Crippen molar-refractivity contribution >= 4 is 17.7 Å². The van der Waals surface area contributed by atoms with Gasteiger partial charge in [-0.3, -0.25) is 14.4 Å². The fourth-order valence-corrected chi connectivity index (χ4v) is 7.68. The minimum Gasteiger partial charge on any atom is -0.461 e. The summed E-state index contributed by atoms with van der Waals surface area (Å²) in [5, 5.41) is 34.7. The lowest BCUT2D eigenvalue weighted by Gasteiger charge is -2.48. The van der Waals surface area contributed by atoms with Gasteiger partial charge in [0.05, 0.1) is 5.41 Å². The smallest absolute Gasteiger partial charge is 0.306 e. The van der Waals surface area contributed by atoms with Crippen LogP contribution in [-0.4, -0.2) is 63.1 Å². The lowest BCUT2D eigenvalue weighted by atomic mass is 9.59. The highest BCUT2D eigenvalue weighted by Gasteiger charge is 2.83. The number of Topliss-reactive ketones (excluding diaryl/α,β-unsaturated/α-hetero) is 1. The van der Waals surface area contributed by atoms with E-state index < -0.39 is 52.0 Å². The number of unbranched alkanes of at least 4 members (excludes halogenated alkanes) is 2. The third kappa shape index (κ3) is 3.40. The molecule has 4 aliphatic carbocycles. The predicted molar refractivity (Wildman–Crippen MR) is 130 cm³/mol. The van der Waals surface area contributed by atoms with E-state index in [0.29, 0.717) is 18.4 Å². The molecule has 0 aromatic heterocycles. The van der Waals surface area contributed by atoms with E-state index in [1.807, 2.05) is 20.8 Å². The molecule has 8 heteroatoms. The molecule has 0 saturated heterocycles. The van der Waals surface area contributed by atoms with Crippen molar-refractivity contribution in [2.24, 2.45) is 28.6 Å². The maximum atomic E-state index is 14.4. The van der Waals surface area contributed by atoms with Gasteiger partial charge in [-0.1, -0.05) is 52.7 Å². The first-order chi connectivity index (χ1) is 16.7. The first-order valence-electron chi connectivity index (χ1n) is 13.1. The van der Waals surface area contributed by atoms with Crippen molar-refractivity contribution in [3.8, 4) is 0 Å². The molecule has 6 unspecified atom stereocenters. The number of ether oxygens (including phenoxy) is 2. The molecule has 2 saturated carbocycles. The molecule has 4 rings (SSSR count). The molecule has 3 N–H and O–H groups in total. The molecule has 0 radical (unpaired) electrons. The number of allylic oxidation sites excluding steroid dienone is 1. The molecule has 0 aromatic carbocycles. The van der Waals surface area contributed by atoms with Gasteiger partial charge in [0.25, 0.3) is 0 Å². The number of carbonyl (C=O) groups excluding carboxylic acids is 3. The van der Waals surface area contributed by atoms with Crippen LogP contribution in [0.4, 0.5) is 0 Å². The van der Waals surface area contributed by atoms with Gasteiger partial charge >= 0.3 is 11.9 Å². The van der Waals surface area contributed by atoms with E-state index in [1.165, 1.54) is 6.92 Å². The molecule has 0 amide bonds. The van der Waals surface area contributed by atoms with Crippen molar-refractivity contribution in [3.05, 3.63) is 23.3 Å². The fourth-order valence-electron chi connectivity index (χ4n) is 7.68. The van der Waals surface area contributed by atoms with Crippen LogP contribution in [-0.2, 0) is 23.9 Å². The van der Waals surface area contributed by atoms with Gasteiger partial charge in [-0.05, 0) is 36.8 Å². The Morgan fingerprint density at radius 2 is 1.83 bits per heavy atom. The quantitative estimate of drug-likeness (QED) is 0.274. The Hall–Kier alpha value is -2.03. The number of rotatable bonds is 7. The van der Waals surface area contributed by atoms with E-state index >= 15 is 0 Å². The van der Waals surface area contributed by atoms with Crippen LogP contribution >= 0.6 is 0 Å². The van der Waals surface area contributed by atoms with Crippen LogP contribution in [0.25, 0.3) is 0 Å². The molecule has 8 nitrogen and oxygen atoms in total. The van der Waals surface area contributed by atoms with E-state index in [9.17, 15) is 29.7 Å². The second kappa shape index (κ2) is 8.77. The number of hydrogen-bond donors (Lipinski definition) is 3. The van der Waals surface area contributed by atoms with Crippen LogP contribution < -0.4 is 0 Å². The number of carbonyl (C=O) groups is 3. The first-order valence-corrected chi connectivity index (χ1v) is 13.1. The van der Waals surface area contributed by atoms with Gasteiger partial charge in [0, 0.05) is 30.6 Å². The normalized spacial score (nSPS) is 42.2. The molecule has 0 aromatic rings. The lowest BCUT2D eigenvalue weighted by molar-refractivity contribution is -0.192. The van der Waals surface area contributed by atoms with Gasteiger partial charge in [-0.2, -0.15) is 0 Å². The topological polar surface area (TPSA) is 130 Å². The Morgan fingerprint density at radius 1 is 1.17 bits per heavy atom. The molecule has 2 fully saturated rings. The van der Waals surface area contributed by atoms with Crippen molar-refractivity contribution in [2.75, 3.05) is 6.61 Å². The van der Waals surface area contributed by atoms with Crippen LogP contribution in [0.1, 0.15) is 73.6 Å². The molecular formula is C28H40O8. The van der Waals surface area contributed by atoms with Gasteiger partial charge in [-0.15, -0.1) is 0 Å². The zero-order chi connectivity index (χ0) is 26.8. The minimum atomic E-state index is -2.25. The van der Waals surface area contributed by atoms with Crippen molar-refractivity contribution in [1.29, 1.82) is 0 Å². The maximum Gasteiger partial charge on any atom is 0.306 e. The first kappa shape index (κ1) is 27.0. The molecule has 8 atom stereocenters. The van der Waals surface area contributed by atoms with E-state index in [0.717, 1.165) is 19.3 Å². The summed E-state index contributed by atoms with van der Waals surface area (Å²) in [4.78, 5) is 38.9. The molecule has 2 bridgehead atoms. The van der Waals surface area contributed by atoms with Gasteiger partial charge in [0.2, 0.25) is 0 Å². The Morgan fingerprint density at radius 3 is 2.44 bits per heavy atom. The highest BCUT2D eigenvalue weighted by atomic mass is 16.6. The highest BCUT2D eigenvalue weighted by Crippen LogP contribution is 2.75. The summed E-state index contributed by atoms with van der Waals surface area (Å²) in [5.41, 5.74) is -4.75. The van der Waals surface area contributed by atoms with Crippen molar-refractivity contribution in [3.63, 3.8) is 0 Å². The van der Waals surface area contributed by atoms with E-state index in [1.54, 1.807) is 19.1 Å². The molecule has 0 heterocycles. The summed E-state index contributed by atoms with van der Waals surface area (Å²) in [7, 11) is 0. The minimum absolute atomic E-state index is 0.162. The summed E-state index contributed by atoms with van der Waals surface area (Å²) in [6.07, 6.45) is 3.30. The monoisotopic (exact) mass is 504 g/mol. The second-order valence-electron chi connectivity index (χ2n) is 11.9. The Labute approximate surface area is 212 Å². The van der Waals surface area contributed by atoms with Gasteiger partial charge in [0.15, 0.2) is 5.78 Å². The van der Waals surface area contributed by atoms with E-state index in [4.69, 9.17) is 9.47 Å². The molecular weight excluding hydrogens is 464 g/mol. The predicted octanol–water partition coefficient (Wildman–Crippen LogP) is 2.63. The number of fused-ring (bicyclic) bond motifs is 3. The van der Waals surface area contributed by atoms with Crippen molar-refractivity contribution < 1.29 is 39.2 Å². The van der Waals surface area contributed by atoms with Gasteiger partial charge < -0.3 is 24.8 Å². The summed E-state index contributed by atoms with van der Waals surface area (Å²) in [6, 6.07) is 0. The second-order valence-corrected chi connectivity index (χ2v) is 11.9. The number of aliphatic hydroxyl groups is 3. The summed E-state index contributed by atoms with van der Waals surface area (Å²) >= 11 is 0. The largest absolute Gasteiger partial charge is 0.461 e. The van der Waals surface area contributed by atoms with Crippen LogP contribution in [0.5, 0.6) is 0 Å². The Balaban J connectivity index is 1.85. The summed E-state index contributed by atoms with van der Waals surface area (Å²) < 4.78 is 11.4. The Bertz CT molecular complexity index is 1030. The molecule has 36 heavy (non-hydrogen) atoms. The van der Waals surface area contributed by atoms with Gasteiger partial charge in [-0.25, -0.2) is 0 Å². The average Bonchev–Trinajstić information content (AvgIpc) is 3.21. The third-order valence-corrected chi connectivity index (χ3v) is 9.59. The van der Waals surface area contributed by atoms with Crippen LogP contribution in [0, 0.1) is 28.6 Å². The summed E-state index contributed by atoms with van der Waals surface area (Å²) in [6.45, 7) is 10.4. The van der Waals surface area contributed by atoms with E-state index in [2.05, 4.69) is 6.92 Å². The van der Waals surface area contributed by atoms with Crippen LogP contribution in [0.3, 0.4) is 0 Å². The molecule has 0 aliphatic heterocycles. The zero-order valence-corrected chi connectivity index (χ0v) is 22.2. The summed E-state index contributed by atoms with van der Waals surface area (Å²) in [5.74, 6) is -2.94. The van der Waals surface area contributed by atoms with Crippen LogP contribution in [0.2, 0.25) is 0 Å². The van der Waals surface area contributed by atoms with Gasteiger partial charge in [0.1, 0.15) is 30.0 Å². The molecule has 4 aliphatic rings. The number of esters is 2.